The van der Waals surface area contributed by atoms with E-state index < -0.39 is 0 Å². The number of anilines is 2. The summed E-state index contributed by atoms with van der Waals surface area (Å²) in [5.41, 5.74) is 0. The van der Waals surface area contributed by atoms with E-state index in [9.17, 15) is 0 Å². The molecule has 0 bridgehead atoms. The maximum absolute atomic E-state index is 4.60. The number of likely N-dealkylation sites (tertiary alicyclic amines) is 1. The van der Waals surface area contributed by atoms with Gasteiger partial charge in [0.25, 0.3) is 0 Å². The quantitative estimate of drug-likeness (QED) is 0.886. The first-order chi connectivity index (χ1) is 9.76. The third kappa shape index (κ3) is 2.86. The van der Waals surface area contributed by atoms with Crippen molar-refractivity contribution in [3.05, 3.63) is 11.4 Å². The number of aromatic nitrogens is 2. The van der Waals surface area contributed by atoms with E-state index in [4.69, 9.17) is 0 Å². The largest absolute Gasteiger partial charge is 0.369 e. The molecule has 0 amide bonds. The van der Waals surface area contributed by atoms with Gasteiger partial charge in [-0.05, 0) is 44.3 Å². The van der Waals surface area contributed by atoms with Crippen LogP contribution >= 0.6 is 11.3 Å². The molecule has 0 spiro atoms. The lowest BCUT2D eigenvalue weighted by atomic mass is 10.1. The first-order valence-corrected chi connectivity index (χ1v) is 8.05. The molecule has 2 aromatic heterocycles. The van der Waals surface area contributed by atoms with Gasteiger partial charge in [0.05, 0.1) is 5.39 Å². The fourth-order valence-electron chi connectivity index (χ4n) is 2.66. The summed E-state index contributed by atoms with van der Waals surface area (Å²) >= 11 is 1.66. The molecule has 2 N–H and O–H groups in total. The summed E-state index contributed by atoms with van der Waals surface area (Å²) in [4.78, 5) is 12.6. The van der Waals surface area contributed by atoms with Crippen LogP contribution in [0.15, 0.2) is 11.4 Å². The highest BCUT2D eigenvalue weighted by molar-refractivity contribution is 7.16. The second-order valence-corrected chi connectivity index (χ2v) is 6.26. The van der Waals surface area contributed by atoms with Crippen LogP contribution in [0.25, 0.3) is 10.2 Å². The summed E-state index contributed by atoms with van der Waals surface area (Å²) in [6.45, 7) is 6.25. The minimum atomic E-state index is 0.714. The Morgan fingerprint density at radius 1 is 1.40 bits per heavy atom. The summed E-state index contributed by atoms with van der Waals surface area (Å²) in [5, 5.41) is 9.93. The molecule has 1 aliphatic heterocycles. The summed E-state index contributed by atoms with van der Waals surface area (Å²) in [7, 11) is 2.19. The number of fused-ring (bicyclic) bond motifs is 1. The number of thiophene rings is 1. The molecule has 1 atom stereocenters. The predicted octanol–water partition coefficient (Wildman–Crippen LogP) is 2.49. The maximum Gasteiger partial charge on any atom is 0.226 e. The van der Waals surface area contributed by atoms with Crippen LogP contribution in [0, 0.1) is 5.92 Å². The zero-order chi connectivity index (χ0) is 13.9. The number of hydrogen-bond donors (Lipinski definition) is 2. The van der Waals surface area contributed by atoms with Gasteiger partial charge >= 0.3 is 0 Å². The molecule has 1 unspecified atom stereocenters. The molecular weight excluding hydrogens is 270 g/mol. The van der Waals surface area contributed by atoms with E-state index in [2.05, 4.69) is 50.9 Å². The van der Waals surface area contributed by atoms with Crippen molar-refractivity contribution in [2.45, 2.75) is 13.3 Å². The lowest BCUT2D eigenvalue weighted by Gasteiger charge is -2.13. The first kappa shape index (κ1) is 13.6. The van der Waals surface area contributed by atoms with Gasteiger partial charge in [0.2, 0.25) is 5.95 Å². The van der Waals surface area contributed by atoms with Gasteiger partial charge < -0.3 is 15.5 Å². The van der Waals surface area contributed by atoms with Crippen LogP contribution < -0.4 is 10.6 Å². The fourth-order valence-corrected chi connectivity index (χ4v) is 3.43. The average molecular weight is 291 g/mol. The molecular formula is C14H21N5S. The molecule has 0 radical (unpaired) electrons. The molecule has 1 fully saturated rings. The van der Waals surface area contributed by atoms with Gasteiger partial charge in [0.15, 0.2) is 0 Å². The molecule has 3 rings (SSSR count). The molecule has 0 aromatic carbocycles. The Hall–Kier alpha value is -1.40. The lowest BCUT2D eigenvalue weighted by molar-refractivity contribution is 0.399. The predicted molar refractivity (Wildman–Crippen MR) is 85.7 cm³/mol. The van der Waals surface area contributed by atoms with Gasteiger partial charge in [0, 0.05) is 19.6 Å². The Bertz CT molecular complexity index is 582. The van der Waals surface area contributed by atoms with Gasteiger partial charge in [-0.1, -0.05) is 0 Å². The van der Waals surface area contributed by atoms with E-state index in [0.29, 0.717) is 11.9 Å². The smallest absolute Gasteiger partial charge is 0.226 e. The normalized spacial score (nSPS) is 19.6. The van der Waals surface area contributed by atoms with E-state index in [1.165, 1.54) is 19.5 Å². The molecule has 1 saturated heterocycles. The maximum atomic E-state index is 4.60. The Balaban J connectivity index is 1.76. The molecule has 0 aliphatic carbocycles. The molecule has 2 aromatic rings. The number of nitrogens with one attached hydrogen (secondary N) is 2. The van der Waals surface area contributed by atoms with Crippen molar-refractivity contribution in [2.75, 3.05) is 43.9 Å². The van der Waals surface area contributed by atoms with Crippen LogP contribution in [0.2, 0.25) is 0 Å². The Kier molecular flexibility index (Phi) is 4.03. The van der Waals surface area contributed by atoms with E-state index in [1.54, 1.807) is 11.3 Å². The Morgan fingerprint density at radius 2 is 2.30 bits per heavy atom. The van der Waals surface area contributed by atoms with Gasteiger partial charge in [-0.3, -0.25) is 0 Å². The highest BCUT2D eigenvalue weighted by Crippen LogP contribution is 2.27. The van der Waals surface area contributed by atoms with Gasteiger partial charge in [0.1, 0.15) is 10.6 Å². The summed E-state index contributed by atoms with van der Waals surface area (Å²) in [6.07, 6.45) is 1.27. The minimum Gasteiger partial charge on any atom is -0.369 e. The Labute approximate surface area is 123 Å². The van der Waals surface area contributed by atoms with E-state index >= 15 is 0 Å². The standard InChI is InChI=1S/C14H21N5S/c1-3-15-14-17-12(11-5-7-20-13(11)18-14)16-8-10-4-6-19(2)9-10/h5,7,10H,3-4,6,8-9H2,1-2H3,(H2,15,16,17,18). The van der Waals surface area contributed by atoms with Crippen molar-refractivity contribution in [1.29, 1.82) is 0 Å². The van der Waals surface area contributed by atoms with Crippen molar-refractivity contribution >= 4 is 33.3 Å². The second-order valence-electron chi connectivity index (χ2n) is 5.36. The Morgan fingerprint density at radius 3 is 3.05 bits per heavy atom. The van der Waals surface area contributed by atoms with Crippen LogP contribution in [0.4, 0.5) is 11.8 Å². The van der Waals surface area contributed by atoms with Gasteiger partial charge in [-0.15, -0.1) is 11.3 Å². The summed E-state index contributed by atoms with van der Waals surface area (Å²) in [6, 6.07) is 2.10. The monoisotopic (exact) mass is 291 g/mol. The number of hydrogen-bond acceptors (Lipinski definition) is 6. The lowest BCUT2D eigenvalue weighted by Crippen LogP contribution is -2.19. The van der Waals surface area contributed by atoms with Crippen molar-refractivity contribution < 1.29 is 0 Å². The van der Waals surface area contributed by atoms with Crippen LogP contribution in [0.1, 0.15) is 13.3 Å². The third-order valence-electron chi connectivity index (χ3n) is 3.71. The van der Waals surface area contributed by atoms with Gasteiger partial charge in [-0.25, -0.2) is 4.98 Å². The summed E-state index contributed by atoms with van der Waals surface area (Å²) in [5.74, 6) is 2.39. The fraction of sp³-hybridized carbons (Fsp3) is 0.571. The molecule has 5 nitrogen and oxygen atoms in total. The van der Waals surface area contributed by atoms with E-state index in [0.717, 1.165) is 29.1 Å². The van der Waals surface area contributed by atoms with Gasteiger partial charge in [-0.2, -0.15) is 4.98 Å². The molecule has 6 heteroatoms. The van der Waals surface area contributed by atoms with Crippen LogP contribution in [0.3, 0.4) is 0 Å². The molecule has 20 heavy (non-hydrogen) atoms. The minimum absolute atomic E-state index is 0.714. The molecule has 1 aliphatic rings. The highest BCUT2D eigenvalue weighted by atomic mass is 32.1. The van der Waals surface area contributed by atoms with Crippen molar-refractivity contribution in [3.63, 3.8) is 0 Å². The highest BCUT2D eigenvalue weighted by Gasteiger charge is 2.19. The van der Waals surface area contributed by atoms with Crippen molar-refractivity contribution in [3.8, 4) is 0 Å². The number of rotatable bonds is 5. The SMILES string of the molecule is CCNc1nc(NCC2CCN(C)C2)c2ccsc2n1. The first-order valence-electron chi connectivity index (χ1n) is 7.17. The molecule has 108 valence electrons. The van der Waals surface area contributed by atoms with Crippen LogP contribution in [0.5, 0.6) is 0 Å². The van der Waals surface area contributed by atoms with Crippen LogP contribution in [-0.2, 0) is 0 Å². The van der Waals surface area contributed by atoms with Crippen molar-refractivity contribution in [2.24, 2.45) is 5.92 Å². The average Bonchev–Trinajstić information content (AvgIpc) is 3.05. The topological polar surface area (TPSA) is 53.1 Å². The van der Waals surface area contributed by atoms with E-state index in [-0.39, 0.29) is 0 Å². The van der Waals surface area contributed by atoms with Crippen molar-refractivity contribution in [1.82, 2.24) is 14.9 Å². The third-order valence-corrected chi connectivity index (χ3v) is 4.51. The van der Waals surface area contributed by atoms with Crippen LogP contribution in [-0.4, -0.2) is 48.1 Å². The zero-order valence-electron chi connectivity index (χ0n) is 12.0. The zero-order valence-corrected chi connectivity index (χ0v) is 12.8. The molecule has 0 saturated carbocycles. The number of nitrogens with zero attached hydrogens (tertiary/aromatic N) is 3. The summed E-state index contributed by atoms with van der Waals surface area (Å²) < 4.78 is 0. The molecule has 3 heterocycles. The second kappa shape index (κ2) is 5.93. The van der Waals surface area contributed by atoms with E-state index in [1.807, 2.05) is 0 Å².